The largest absolute Gasteiger partial charge is 0.498 e. The van der Waals surface area contributed by atoms with Gasteiger partial charge in [0.15, 0.2) is 0 Å². The van der Waals surface area contributed by atoms with Gasteiger partial charge in [0.2, 0.25) is 0 Å². The Morgan fingerprint density at radius 1 is 1.03 bits per heavy atom. The average molecular weight is 460 g/mol. The van der Waals surface area contributed by atoms with E-state index in [0.717, 1.165) is 29.2 Å². The van der Waals surface area contributed by atoms with Crippen molar-refractivity contribution in [3.63, 3.8) is 0 Å². The van der Waals surface area contributed by atoms with Gasteiger partial charge in [0.05, 0.1) is 22.0 Å². The molecule has 1 aliphatic rings. The van der Waals surface area contributed by atoms with Gasteiger partial charge in [-0.3, -0.25) is 0 Å². The first-order chi connectivity index (χ1) is 14.3. The number of halogens is 2. The van der Waals surface area contributed by atoms with Crippen LogP contribution in [0, 0.1) is 13.8 Å². The molecule has 2 atom stereocenters. The average Bonchev–Trinajstić information content (AvgIpc) is 3.14. The van der Waals surface area contributed by atoms with Gasteiger partial charge in [-0.25, -0.2) is 13.5 Å². The minimum Gasteiger partial charge on any atom is -0.399 e. The first-order valence-electron chi connectivity index (χ1n) is 11.0. The van der Waals surface area contributed by atoms with E-state index in [4.69, 9.17) is 9.31 Å². The minimum absolute atomic E-state index is 0.437. The van der Waals surface area contributed by atoms with Crippen LogP contribution in [0.2, 0.25) is 5.21 Å². The highest BCUT2D eigenvalue weighted by Gasteiger charge is 2.55. The molecule has 0 spiro atoms. The van der Waals surface area contributed by atoms with Crippen molar-refractivity contribution in [2.24, 2.45) is 0 Å². The van der Waals surface area contributed by atoms with Gasteiger partial charge in [-0.1, -0.05) is 24.3 Å². The number of aryl methyl sites for hydroxylation is 2. The number of rotatable bonds is 5. The van der Waals surface area contributed by atoms with Crippen molar-refractivity contribution in [1.29, 1.82) is 0 Å². The summed E-state index contributed by atoms with van der Waals surface area (Å²) in [5.41, 5.74) is 3.17. The lowest BCUT2D eigenvalue weighted by atomic mass is 9.46. The lowest BCUT2D eigenvalue weighted by Crippen LogP contribution is -2.47. The third-order valence-electron chi connectivity index (χ3n) is 7.18. The minimum atomic E-state index is -2.92. The molecule has 2 aromatic rings. The van der Waals surface area contributed by atoms with Gasteiger partial charge in [-0.2, -0.15) is 5.10 Å². The lowest BCUT2D eigenvalue weighted by molar-refractivity contribution is -0.0290. The molecular formula is C22H34B3F2N2O2P. The Hall–Kier alpha value is -1.17. The van der Waals surface area contributed by atoms with Crippen molar-refractivity contribution in [3.8, 4) is 5.69 Å². The second-order valence-electron chi connectivity index (χ2n) is 11.2. The zero-order valence-electron chi connectivity index (χ0n) is 20.9. The molecule has 1 aliphatic heterocycles. The number of nitrogens with zero attached hydrogens (tertiary/aromatic N) is 2. The molecule has 3 rings (SSSR count). The lowest BCUT2D eigenvalue weighted by Gasteiger charge is -2.47. The van der Waals surface area contributed by atoms with Gasteiger partial charge in [0.25, 0.3) is 5.92 Å². The van der Waals surface area contributed by atoms with Gasteiger partial charge in [0, 0.05) is 24.8 Å². The summed E-state index contributed by atoms with van der Waals surface area (Å²) in [6, 6.07) is 3.71. The first kappa shape index (κ1) is 25.5. The number of benzene rings is 1. The van der Waals surface area contributed by atoms with Gasteiger partial charge >= 0.3 is 7.12 Å². The van der Waals surface area contributed by atoms with Crippen LogP contribution < -0.4 is 5.46 Å². The van der Waals surface area contributed by atoms with Crippen molar-refractivity contribution in [2.75, 3.05) is 0 Å². The van der Waals surface area contributed by atoms with E-state index in [9.17, 15) is 8.78 Å². The molecule has 1 saturated heterocycles. The van der Waals surface area contributed by atoms with E-state index >= 15 is 0 Å². The summed E-state index contributed by atoms with van der Waals surface area (Å²) in [7, 11) is 5.64. The highest BCUT2D eigenvalue weighted by Crippen LogP contribution is 2.58. The van der Waals surface area contributed by atoms with E-state index in [1.165, 1.54) is 0 Å². The van der Waals surface area contributed by atoms with Crippen LogP contribution in [0.1, 0.15) is 58.2 Å². The molecule has 0 amide bonds. The third kappa shape index (κ3) is 3.99. The van der Waals surface area contributed by atoms with Gasteiger partial charge in [0.1, 0.15) is 15.7 Å². The Balaban J connectivity index is 2.02. The summed E-state index contributed by atoms with van der Waals surface area (Å²) in [4.78, 5) is 0. The maximum Gasteiger partial charge on any atom is 0.498 e. The van der Waals surface area contributed by atoms with Crippen LogP contribution in [0.5, 0.6) is 0 Å². The van der Waals surface area contributed by atoms with Crippen LogP contribution in [0.25, 0.3) is 5.69 Å². The Morgan fingerprint density at radius 2 is 1.50 bits per heavy atom. The van der Waals surface area contributed by atoms with Crippen molar-refractivity contribution in [1.82, 2.24) is 9.78 Å². The van der Waals surface area contributed by atoms with Gasteiger partial charge in [-0.05, 0) is 58.2 Å². The van der Waals surface area contributed by atoms with Crippen LogP contribution in [0.3, 0.4) is 0 Å². The molecule has 2 heterocycles. The fourth-order valence-corrected chi connectivity index (χ4v) is 4.62. The first-order valence-corrected chi connectivity index (χ1v) is 11.6. The standard InChI is InChI=1S/C22H34B3F2N2O2P/c1-13-9-15(22(32,20(7,23)24)21(8,26)27)10-14(2)17(13)29-12-16(11-28-29)25-30-18(3,4)19(5,6)31-25/h9-12H,23-24,32H2,1-8H3. The Kier molecular flexibility index (Phi) is 6.11. The molecule has 1 aromatic carbocycles. The molecule has 0 N–H and O–H groups in total. The Morgan fingerprint density at radius 3 is 1.91 bits per heavy atom. The Bertz CT molecular complexity index is 976. The maximum atomic E-state index is 14.9. The quantitative estimate of drug-likeness (QED) is 0.509. The second kappa shape index (κ2) is 7.68. The summed E-state index contributed by atoms with van der Waals surface area (Å²) in [5, 5.41) is 2.46. The molecule has 1 aromatic heterocycles. The van der Waals surface area contributed by atoms with Crippen molar-refractivity contribution in [3.05, 3.63) is 41.2 Å². The molecular weight excluding hydrogens is 426 g/mol. The highest BCUT2D eigenvalue weighted by atomic mass is 31.0. The molecule has 0 radical (unpaired) electrons. The van der Waals surface area contributed by atoms with E-state index in [1.807, 2.05) is 82.5 Å². The fourth-order valence-electron chi connectivity index (χ4n) is 4.45. The van der Waals surface area contributed by atoms with Gasteiger partial charge in [-0.15, -0.1) is 9.24 Å². The maximum absolute atomic E-state index is 14.9. The molecule has 2 unspecified atom stereocenters. The van der Waals surface area contributed by atoms with E-state index in [1.54, 1.807) is 10.9 Å². The van der Waals surface area contributed by atoms with E-state index < -0.39 is 34.6 Å². The zero-order chi connectivity index (χ0) is 24.5. The van der Waals surface area contributed by atoms with Crippen molar-refractivity contribution >= 4 is 37.5 Å². The third-order valence-corrected chi connectivity index (χ3v) is 8.89. The predicted octanol–water partition coefficient (Wildman–Crippen LogP) is 2.92. The van der Waals surface area contributed by atoms with E-state index in [2.05, 4.69) is 14.3 Å². The molecule has 4 nitrogen and oxygen atoms in total. The molecule has 10 heteroatoms. The summed E-state index contributed by atoms with van der Waals surface area (Å²) in [6.07, 6.45) is 3.63. The summed E-state index contributed by atoms with van der Waals surface area (Å²) < 4.78 is 43.8. The number of hydrogen-bond donors (Lipinski definition) is 0. The Labute approximate surface area is 195 Å². The van der Waals surface area contributed by atoms with Crippen LogP contribution in [0.15, 0.2) is 24.5 Å². The van der Waals surface area contributed by atoms with E-state index in [-0.39, 0.29) is 0 Å². The molecule has 0 aliphatic carbocycles. The van der Waals surface area contributed by atoms with E-state index in [0.29, 0.717) is 5.56 Å². The zero-order valence-corrected chi connectivity index (χ0v) is 22.1. The topological polar surface area (TPSA) is 36.3 Å². The number of alkyl halides is 2. The summed E-state index contributed by atoms with van der Waals surface area (Å²) in [6.45, 7) is 14.8. The highest BCUT2D eigenvalue weighted by molar-refractivity contribution is 7.19. The van der Waals surface area contributed by atoms with Crippen LogP contribution >= 0.6 is 9.24 Å². The molecule has 1 fully saturated rings. The molecule has 32 heavy (non-hydrogen) atoms. The SMILES string of the molecule is BC(B)(C)C(P)(c1cc(C)c(-n2cc(B3OC(C)(C)C(C)(C)O3)cn2)c(C)c1)C(C)(F)F. The predicted molar refractivity (Wildman–Crippen MR) is 136 cm³/mol. The van der Waals surface area contributed by atoms with Crippen LogP contribution in [-0.2, 0) is 14.5 Å². The molecule has 172 valence electrons. The summed E-state index contributed by atoms with van der Waals surface area (Å²) >= 11 is 0. The number of hydrogen-bond acceptors (Lipinski definition) is 3. The number of aromatic nitrogens is 2. The van der Waals surface area contributed by atoms with Crippen molar-refractivity contribution < 1.29 is 18.1 Å². The smallest absolute Gasteiger partial charge is 0.399 e. The molecule has 0 saturated carbocycles. The fraction of sp³-hybridized carbons (Fsp3) is 0.591. The monoisotopic (exact) mass is 460 g/mol. The normalized spacial score (nSPS) is 20.4. The summed E-state index contributed by atoms with van der Waals surface area (Å²) in [5.74, 6) is -2.92. The van der Waals surface area contributed by atoms with Crippen LogP contribution in [0.4, 0.5) is 8.78 Å². The van der Waals surface area contributed by atoms with Gasteiger partial charge < -0.3 is 9.31 Å². The molecule has 0 bridgehead atoms. The van der Waals surface area contributed by atoms with Crippen LogP contribution in [-0.4, -0.2) is 49.7 Å². The second-order valence-corrected chi connectivity index (χ2v) is 12.1. The van der Waals surface area contributed by atoms with Crippen molar-refractivity contribution in [2.45, 2.75) is 82.9 Å².